The summed E-state index contributed by atoms with van der Waals surface area (Å²) >= 11 is 13.2. The molecule has 41 heavy (non-hydrogen) atoms. The van der Waals surface area contributed by atoms with Gasteiger partial charge in [0.05, 0.1) is 32.8 Å². The lowest BCUT2D eigenvalue weighted by atomic mass is 9.95. The van der Waals surface area contributed by atoms with Gasteiger partial charge < -0.3 is 14.6 Å². The van der Waals surface area contributed by atoms with E-state index in [1.54, 1.807) is 41.5 Å². The Morgan fingerprint density at radius 1 is 1.10 bits per heavy atom. The van der Waals surface area contributed by atoms with Gasteiger partial charge in [-0.05, 0) is 59.5 Å². The number of rotatable bonds is 7. The number of carbonyl (C=O) groups is 3. The topological polar surface area (TPSA) is 114 Å². The lowest BCUT2D eigenvalue weighted by molar-refractivity contribution is -0.112. The largest absolute Gasteiger partial charge is 0.464 e. The van der Waals surface area contributed by atoms with Crippen LogP contribution in [0, 0.1) is 0 Å². The van der Waals surface area contributed by atoms with Crippen molar-refractivity contribution in [3.05, 3.63) is 98.7 Å². The summed E-state index contributed by atoms with van der Waals surface area (Å²) in [6.45, 7) is 0.642. The highest BCUT2D eigenvalue weighted by Crippen LogP contribution is 2.35. The number of hydrogen-bond donors (Lipinski definition) is 1. The highest BCUT2D eigenvalue weighted by molar-refractivity contribution is 7.90. The maximum Gasteiger partial charge on any atom is 0.254 e. The van der Waals surface area contributed by atoms with Crippen LogP contribution in [-0.2, 0) is 34.0 Å². The van der Waals surface area contributed by atoms with E-state index in [1.807, 2.05) is 21.4 Å². The minimum Gasteiger partial charge on any atom is -0.464 e. The molecule has 0 saturated heterocycles. The molecule has 1 aromatic heterocycles. The smallest absolute Gasteiger partial charge is 0.254 e. The Bertz CT molecular complexity index is 1820. The average molecular weight is 631 g/mol. The van der Waals surface area contributed by atoms with E-state index in [1.165, 1.54) is 12.1 Å². The van der Waals surface area contributed by atoms with Crippen LogP contribution >= 0.6 is 32.4 Å². The number of nitrogens with zero attached hydrogens (tertiary/aromatic N) is 1. The van der Waals surface area contributed by atoms with Gasteiger partial charge in [-0.1, -0.05) is 50.6 Å². The number of nitrogens with one attached hydrogen (secondary N) is 1. The van der Waals surface area contributed by atoms with Crippen LogP contribution in [0.5, 0.6) is 0 Å². The SMILES string of the molecule is CS(=O)(=O)c1cccc(C[C@H](NC(=O)c2c(Cl)cc3c(c2Cl)CCN(C(=O)c2ccc4ccoc4c2)C3)C(=O)P)c1. The van der Waals surface area contributed by atoms with E-state index >= 15 is 0 Å². The number of amides is 2. The van der Waals surface area contributed by atoms with Crippen LogP contribution in [0.15, 0.2) is 70.2 Å². The van der Waals surface area contributed by atoms with E-state index in [-0.39, 0.29) is 39.4 Å². The second kappa shape index (κ2) is 11.6. The molecule has 0 spiro atoms. The minimum absolute atomic E-state index is 0.0382. The minimum atomic E-state index is -3.44. The lowest BCUT2D eigenvalue weighted by Gasteiger charge is -2.30. The standard InChI is InChI=1S/C29H25Cl2N2O6PS/c1-41(37,38)20-4-2-3-16(11-20)12-23(29(36)40)32-27(34)25-22(30)13-19-15-33(9-7-21(19)26(25)31)28(35)18-6-5-17-8-10-39-24(17)14-18/h2-6,8,10-11,13-14,23H,7,9,12,15,40H2,1H3,(H,32,34)/t23-/m0/s1. The molecule has 0 radical (unpaired) electrons. The van der Waals surface area contributed by atoms with Gasteiger partial charge in [0.15, 0.2) is 15.4 Å². The molecule has 4 aromatic rings. The Balaban J connectivity index is 1.35. The predicted molar refractivity (Wildman–Crippen MR) is 160 cm³/mol. The summed E-state index contributed by atoms with van der Waals surface area (Å²) in [6.07, 6.45) is 3.14. The maximum absolute atomic E-state index is 13.3. The fourth-order valence-electron chi connectivity index (χ4n) is 4.90. The Morgan fingerprint density at radius 2 is 1.88 bits per heavy atom. The maximum atomic E-state index is 13.3. The molecule has 12 heteroatoms. The Kier molecular flexibility index (Phi) is 8.26. The molecule has 0 fully saturated rings. The highest BCUT2D eigenvalue weighted by Gasteiger charge is 2.29. The van der Waals surface area contributed by atoms with Crippen molar-refractivity contribution in [2.45, 2.75) is 30.3 Å². The van der Waals surface area contributed by atoms with Crippen molar-refractivity contribution in [2.24, 2.45) is 0 Å². The van der Waals surface area contributed by atoms with Gasteiger partial charge in [0.2, 0.25) is 0 Å². The molecule has 5 rings (SSSR count). The number of furan rings is 1. The van der Waals surface area contributed by atoms with Crippen molar-refractivity contribution < 1.29 is 27.2 Å². The third kappa shape index (κ3) is 6.19. The Labute approximate surface area is 249 Å². The molecule has 8 nitrogen and oxygen atoms in total. The van der Waals surface area contributed by atoms with Crippen LogP contribution in [0.1, 0.15) is 37.4 Å². The normalized spacial score (nSPS) is 14.0. The zero-order valence-corrected chi connectivity index (χ0v) is 25.3. The van der Waals surface area contributed by atoms with E-state index in [0.29, 0.717) is 35.2 Å². The molecule has 0 aliphatic carbocycles. The van der Waals surface area contributed by atoms with E-state index in [2.05, 4.69) is 5.32 Å². The summed E-state index contributed by atoms with van der Waals surface area (Å²) in [5.41, 5.74) is 2.77. The van der Waals surface area contributed by atoms with Crippen LogP contribution < -0.4 is 5.32 Å². The number of sulfone groups is 1. The summed E-state index contributed by atoms with van der Waals surface area (Å²) in [6, 6.07) is 14.0. The van der Waals surface area contributed by atoms with E-state index in [9.17, 15) is 22.8 Å². The second-order valence-corrected chi connectivity index (χ2v) is 13.3. The summed E-state index contributed by atoms with van der Waals surface area (Å²) in [5, 5.41) is 3.85. The van der Waals surface area contributed by atoms with Gasteiger partial charge in [-0.25, -0.2) is 8.42 Å². The average Bonchev–Trinajstić information content (AvgIpc) is 3.39. The number of hydrogen-bond acceptors (Lipinski definition) is 6. The molecule has 3 aromatic carbocycles. The summed E-state index contributed by atoms with van der Waals surface area (Å²) in [5.74, 6) is -0.794. The first-order chi connectivity index (χ1) is 19.4. The highest BCUT2D eigenvalue weighted by atomic mass is 35.5. The van der Waals surface area contributed by atoms with Crippen LogP contribution in [0.4, 0.5) is 0 Å². The first-order valence-corrected chi connectivity index (χ1v) is 15.8. The zero-order chi connectivity index (χ0) is 29.5. The Morgan fingerprint density at radius 3 is 2.61 bits per heavy atom. The number of carbonyl (C=O) groups excluding carboxylic acids is 3. The molecule has 2 heterocycles. The molecule has 2 atom stereocenters. The van der Waals surface area contributed by atoms with Gasteiger partial charge in [-0.15, -0.1) is 0 Å². The van der Waals surface area contributed by atoms with Gasteiger partial charge in [0.25, 0.3) is 11.8 Å². The number of fused-ring (bicyclic) bond motifs is 2. The van der Waals surface area contributed by atoms with Crippen LogP contribution in [0.25, 0.3) is 11.0 Å². The molecular weight excluding hydrogens is 606 g/mol. The summed E-state index contributed by atoms with van der Waals surface area (Å²) in [7, 11) is -1.39. The van der Waals surface area contributed by atoms with Crippen molar-refractivity contribution in [2.75, 3.05) is 12.8 Å². The van der Waals surface area contributed by atoms with Gasteiger partial charge in [0.1, 0.15) is 5.58 Å². The molecule has 1 unspecified atom stereocenters. The first kappa shape index (κ1) is 29.3. The van der Waals surface area contributed by atoms with Crippen LogP contribution in [0.3, 0.4) is 0 Å². The van der Waals surface area contributed by atoms with Gasteiger partial charge >= 0.3 is 0 Å². The predicted octanol–water partition coefficient (Wildman–Crippen LogP) is 5.08. The van der Waals surface area contributed by atoms with Gasteiger partial charge in [0, 0.05) is 36.7 Å². The quantitative estimate of drug-likeness (QED) is 0.285. The van der Waals surface area contributed by atoms with E-state index in [4.69, 9.17) is 27.6 Å². The van der Waals surface area contributed by atoms with Crippen LogP contribution in [-0.4, -0.2) is 49.5 Å². The number of benzene rings is 3. The Hall–Kier alpha value is -3.23. The van der Waals surface area contributed by atoms with Crippen molar-refractivity contribution >= 4 is 70.6 Å². The van der Waals surface area contributed by atoms with Crippen molar-refractivity contribution in [3.8, 4) is 0 Å². The van der Waals surface area contributed by atoms with Crippen molar-refractivity contribution in [1.82, 2.24) is 10.2 Å². The van der Waals surface area contributed by atoms with E-state index in [0.717, 1.165) is 17.2 Å². The number of halogens is 2. The lowest BCUT2D eigenvalue weighted by Crippen LogP contribution is -2.41. The fraction of sp³-hybridized carbons (Fsp3) is 0.207. The fourth-order valence-corrected chi connectivity index (χ4v) is 6.55. The molecule has 1 N–H and O–H groups in total. The van der Waals surface area contributed by atoms with Gasteiger partial charge in [-0.3, -0.25) is 14.4 Å². The summed E-state index contributed by atoms with van der Waals surface area (Å²) < 4.78 is 29.3. The van der Waals surface area contributed by atoms with Crippen molar-refractivity contribution in [3.63, 3.8) is 0 Å². The molecule has 0 saturated carbocycles. The van der Waals surface area contributed by atoms with Gasteiger partial charge in [-0.2, -0.15) is 0 Å². The summed E-state index contributed by atoms with van der Waals surface area (Å²) in [4.78, 5) is 40.8. The monoisotopic (exact) mass is 630 g/mol. The van der Waals surface area contributed by atoms with Crippen LogP contribution in [0.2, 0.25) is 10.0 Å². The molecule has 0 bridgehead atoms. The van der Waals surface area contributed by atoms with Crippen molar-refractivity contribution in [1.29, 1.82) is 0 Å². The molecule has 212 valence electrons. The van der Waals surface area contributed by atoms with E-state index < -0.39 is 27.3 Å². The first-order valence-electron chi connectivity index (χ1n) is 12.6. The molecule has 2 amide bonds. The zero-order valence-electron chi connectivity index (χ0n) is 21.8. The molecular formula is C29H25Cl2N2O6PS. The molecule has 1 aliphatic rings. The second-order valence-electron chi connectivity index (χ2n) is 9.89. The molecule has 1 aliphatic heterocycles. The third-order valence-electron chi connectivity index (χ3n) is 7.04. The third-order valence-corrected chi connectivity index (χ3v) is 9.27.